The summed E-state index contributed by atoms with van der Waals surface area (Å²) in [5, 5.41) is 6.13. The largest absolute Gasteiger partial charge is 0.416 e. The Bertz CT molecular complexity index is 778. The summed E-state index contributed by atoms with van der Waals surface area (Å²) in [6.07, 6.45) is -4.36. The molecule has 32 heavy (non-hydrogen) atoms. The minimum atomic E-state index is -4.92. The molecule has 0 aromatic heterocycles. The minimum absolute atomic E-state index is 0.0816. The lowest BCUT2D eigenvalue weighted by Gasteiger charge is -2.29. The van der Waals surface area contributed by atoms with E-state index in [1.165, 1.54) is 11.8 Å². The van der Waals surface area contributed by atoms with Gasteiger partial charge in [-0.2, -0.15) is 26.3 Å². The van der Waals surface area contributed by atoms with E-state index in [-0.39, 0.29) is 23.6 Å². The van der Waals surface area contributed by atoms with E-state index in [0.29, 0.717) is 44.2 Å². The molecule has 0 radical (unpaired) electrons. The number of amides is 1. The smallest absolute Gasteiger partial charge is 0.381 e. The molecule has 1 aromatic carbocycles. The van der Waals surface area contributed by atoms with Gasteiger partial charge in [0.15, 0.2) is 0 Å². The maximum atomic E-state index is 13.1. The maximum absolute atomic E-state index is 13.1. The first-order chi connectivity index (χ1) is 14.9. The highest BCUT2D eigenvalue weighted by molar-refractivity contribution is 8.00. The Kier molecular flexibility index (Phi) is 7.71. The Morgan fingerprint density at radius 2 is 1.62 bits per heavy atom. The first kappa shape index (κ1) is 25.2. The molecule has 1 heterocycles. The number of rotatable bonds is 6. The highest BCUT2D eigenvalue weighted by atomic mass is 32.2. The third kappa shape index (κ3) is 6.11. The first-order valence-corrected chi connectivity index (χ1v) is 11.6. The van der Waals surface area contributed by atoms with Crippen LogP contribution >= 0.6 is 11.8 Å². The summed E-state index contributed by atoms with van der Waals surface area (Å²) in [5.74, 6) is -0.368. The van der Waals surface area contributed by atoms with Crippen LogP contribution in [0.2, 0.25) is 0 Å². The van der Waals surface area contributed by atoms with Gasteiger partial charge in [-0.05, 0) is 62.1 Å². The molecule has 1 saturated carbocycles. The van der Waals surface area contributed by atoms with Gasteiger partial charge in [0, 0.05) is 31.8 Å². The molecule has 180 valence electrons. The second-order valence-electron chi connectivity index (χ2n) is 8.29. The zero-order chi connectivity index (χ0) is 23.6. The molecular formula is C21H26F6N2O2S. The van der Waals surface area contributed by atoms with Crippen LogP contribution in [0.4, 0.5) is 26.3 Å². The van der Waals surface area contributed by atoms with E-state index in [1.54, 1.807) is 6.26 Å². The molecule has 11 heteroatoms. The Morgan fingerprint density at radius 3 is 2.16 bits per heavy atom. The molecule has 2 N–H and O–H groups in total. The fraction of sp³-hybridized carbons (Fsp3) is 0.667. The maximum Gasteiger partial charge on any atom is 0.416 e. The van der Waals surface area contributed by atoms with Crippen molar-refractivity contribution < 1.29 is 35.9 Å². The quantitative estimate of drug-likeness (QED) is 0.572. The third-order valence-corrected chi connectivity index (χ3v) is 7.41. The SMILES string of the molecule is CSC1(C(=O)NCc2cc(C(F)(F)F)cc(C(F)(F)F)c2)CCC(NC2CCOCC2)C1. The predicted octanol–water partition coefficient (Wildman–Crippen LogP) is 4.76. The van der Waals surface area contributed by atoms with Crippen molar-refractivity contribution in [2.75, 3.05) is 19.5 Å². The third-order valence-electron chi connectivity index (χ3n) is 6.07. The molecule has 1 aliphatic carbocycles. The molecule has 1 amide bonds. The lowest BCUT2D eigenvalue weighted by molar-refractivity contribution is -0.143. The van der Waals surface area contributed by atoms with Gasteiger partial charge in [0.25, 0.3) is 0 Å². The van der Waals surface area contributed by atoms with Crippen molar-refractivity contribution in [2.24, 2.45) is 0 Å². The number of hydrogen-bond acceptors (Lipinski definition) is 4. The van der Waals surface area contributed by atoms with Crippen LogP contribution in [-0.2, 0) is 28.4 Å². The van der Waals surface area contributed by atoms with Gasteiger partial charge in [0.1, 0.15) is 0 Å². The lowest BCUT2D eigenvalue weighted by atomic mass is 10.0. The topological polar surface area (TPSA) is 50.4 Å². The lowest BCUT2D eigenvalue weighted by Crippen LogP contribution is -2.45. The van der Waals surface area contributed by atoms with E-state index in [0.717, 1.165) is 19.3 Å². The second kappa shape index (κ2) is 9.80. The van der Waals surface area contributed by atoms with Crippen molar-refractivity contribution in [1.29, 1.82) is 0 Å². The van der Waals surface area contributed by atoms with Crippen molar-refractivity contribution in [2.45, 2.75) is 67.8 Å². The molecule has 1 aromatic rings. The van der Waals surface area contributed by atoms with Crippen molar-refractivity contribution >= 4 is 17.7 Å². The fourth-order valence-electron chi connectivity index (χ4n) is 4.30. The fourth-order valence-corrected chi connectivity index (χ4v) is 5.25. The zero-order valence-electron chi connectivity index (χ0n) is 17.5. The van der Waals surface area contributed by atoms with Gasteiger partial charge in [-0.1, -0.05) is 0 Å². The van der Waals surface area contributed by atoms with E-state index in [1.807, 2.05) is 0 Å². The van der Waals surface area contributed by atoms with Crippen LogP contribution in [0.15, 0.2) is 18.2 Å². The van der Waals surface area contributed by atoms with Gasteiger partial charge >= 0.3 is 12.4 Å². The van der Waals surface area contributed by atoms with Crippen LogP contribution in [0.5, 0.6) is 0 Å². The summed E-state index contributed by atoms with van der Waals surface area (Å²) in [5.41, 5.74) is -3.03. The van der Waals surface area contributed by atoms with E-state index < -0.39 is 34.8 Å². The highest BCUT2D eigenvalue weighted by Crippen LogP contribution is 2.41. The standard InChI is InChI=1S/C21H26F6N2O2S/c1-32-19(5-2-17(11-19)29-16-3-6-31-7-4-16)18(30)28-12-13-8-14(20(22,23)24)10-15(9-13)21(25,26)27/h8-10,16-17,29H,2-7,11-12H2,1H3,(H,28,30). The van der Waals surface area contributed by atoms with Gasteiger partial charge < -0.3 is 15.4 Å². The Labute approximate surface area is 186 Å². The number of nitrogens with one attached hydrogen (secondary N) is 2. The Morgan fingerprint density at radius 1 is 1.03 bits per heavy atom. The number of alkyl halides is 6. The predicted molar refractivity (Wildman–Crippen MR) is 109 cm³/mol. The van der Waals surface area contributed by atoms with Gasteiger partial charge in [0.05, 0.1) is 15.9 Å². The summed E-state index contributed by atoms with van der Waals surface area (Å²) in [4.78, 5) is 12.9. The highest BCUT2D eigenvalue weighted by Gasteiger charge is 2.45. The molecule has 0 bridgehead atoms. The number of halogens is 6. The number of carbonyl (C=O) groups excluding carboxylic acids is 1. The van der Waals surface area contributed by atoms with Crippen LogP contribution in [0.1, 0.15) is 48.8 Å². The van der Waals surface area contributed by atoms with Gasteiger partial charge in [0.2, 0.25) is 5.91 Å². The molecule has 4 nitrogen and oxygen atoms in total. The van der Waals surface area contributed by atoms with Crippen LogP contribution in [0.3, 0.4) is 0 Å². The van der Waals surface area contributed by atoms with E-state index in [4.69, 9.17) is 4.74 Å². The van der Waals surface area contributed by atoms with Crippen LogP contribution in [-0.4, -0.2) is 42.2 Å². The molecule has 1 saturated heterocycles. The molecule has 1 aliphatic heterocycles. The van der Waals surface area contributed by atoms with E-state index >= 15 is 0 Å². The average Bonchev–Trinajstić information content (AvgIpc) is 3.15. The molecule has 2 unspecified atom stereocenters. The number of hydrogen-bond donors (Lipinski definition) is 2. The van der Waals surface area contributed by atoms with Crippen molar-refractivity contribution in [3.63, 3.8) is 0 Å². The summed E-state index contributed by atoms with van der Waals surface area (Å²) >= 11 is 1.37. The van der Waals surface area contributed by atoms with E-state index in [9.17, 15) is 31.1 Å². The first-order valence-electron chi connectivity index (χ1n) is 10.4. The molecular weight excluding hydrogens is 458 g/mol. The molecule has 3 rings (SSSR count). The molecule has 0 spiro atoms. The van der Waals surface area contributed by atoms with Gasteiger partial charge in [-0.15, -0.1) is 11.8 Å². The van der Waals surface area contributed by atoms with Crippen LogP contribution in [0, 0.1) is 0 Å². The molecule has 2 fully saturated rings. The van der Waals surface area contributed by atoms with Gasteiger partial charge in [-0.25, -0.2) is 0 Å². The normalized spacial score (nSPS) is 25.2. The average molecular weight is 485 g/mol. The van der Waals surface area contributed by atoms with E-state index in [2.05, 4.69) is 10.6 Å². The number of ether oxygens (including phenoxy) is 1. The number of benzene rings is 1. The minimum Gasteiger partial charge on any atom is -0.381 e. The second-order valence-corrected chi connectivity index (χ2v) is 9.48. The Balaban J connectivity index is 1.67. The summed E-state index contributed by atoms with van der Waals surface area (Å²) in [7, 11) is 0. The summed E-state index contributed by atoms with van der Waals surface area (Å²) in [6, 6.07) is 1.82. The van der Waals surface area contributed by atoms with Crippen molar-refractivity contribution in [1.82, 2.24) is 10.6 Å². The van der Waals surface area contributed by atoms with Crippen LogP contribution < -0.4 is 10.6 Å². The number of thioether (sulfide) groups is 1. The van der Waals surface area contributed by atoms with Crippen molar-refractivity contribution in [3.8, 4) is 0 Å². The zero-order valence-corrected chi connectivity index (χ0v) is 18.4. The summed E-state index contributed by atoms with van der Waals surface area (Å²) < 4.78 is 82.9. The number of carbonyl (C=O) groups is 1. The van der Waals surface area contributed by atoms with Crippen LogP contribution in [0.25, 0.3) is 0 Å². The van der Waals surface area contributed by atoms with Crippen molar-refractivity contribution in [3.05, 3.63) is 34.9 Å². The monoisotopic (exact) mass is 484 g/mol. The molecule has 2 aliphatic rings. The summed E-state index contributed by atoms with van der Waals surface area (Å²) in [6.45, 7) is 0.969. The van der Waals surface area contributed by atoms with Gasteiger partial charge in [-0.3, -0.25) is 4.79 Å². The Hall–Kier alpha value is -1.46. The molecule has 2 atom stereocenters.